The summed E-state index contributed by atoms with van der Waals surface area (Å²) in [5.74, 6) is -1.24. The number of nitrogens with zero attached hydrogens (tertiary/aromatic N) is 2. The van der Waals surface area contributed by atoms with Crippen molar-refractivity contribution in [1.29, 1.82) is 0 Å². The zero-order chi connectivity index (χ0) is 27.1. The second kappa shape index (κ2) is 13.5. The van der Waals surface area contributed by atoms with Gasteiger partial charge in [0, 0.05) is 39.7 Å². The molecule has 3 N–H and O–H groups in total. The molecule has 3 aromatic rings. The molecule has 38 heavy (non-hydrogen) atoms. The first-order valence-electron chi connectivity index (χ1n) is 12.7. The minimum atomic E-state index is -1.08. The maximum Gasteiger partial charge on any atom is 0.303 e. The Morgan fingerprint density at radius 3 is 2.42 bits per heavy atom. The highest BCUT2D eigenvalue weighted by atomic mass is 35.5. The Bertz CT molecular complexity index is 1250. The molecule has 5 rings (SSSR count). The Labute approximate surface area is 236 Å². The van der Waals surface area contributed by atoms with Gasteiger partial charge in [-0.1, -0.05) is 29.8 Å². The van der Waals surface area contributed by atoms with E-state index >= 15 is 0 Å². The lowest BCUT2D eigenvalue weighted by molar-refractivity contribution is -0.143. The number of aromatic nitrogens is 1. The summed E-state index contributed by atoms with van der Waals surface area (Å²) in [5.41, 5.74) is 6.46. The fourth-order valence-corrected chi connectivity index (χ4v) is 6.41. The molecule has 7 nitrogen and oxygen atoms in total. The first-order chi connectivity index (χ1) is 18.3. The summed E-state index contributed by atoms with van der Waals surface area (Å²) in [6.45, 7) is 2.09. The van der Waals surface area contributed by atoms with E-state index in [-0.39, 0.29) is 12.8 Å². The summed E-state index contributed by atoms with van der Waals surface area (Å²) >= 11 is 10.2. The highest BCUT2D eigenvalue weighted by Gasteiger charge is 2.28. The van der Waals surface area contributed by atoms with E-state index in [2.05, 4.69) is 59.0 Å². The number of carbonyl (C=O) groups is 2. The van der Waals surface area contributed by atoms with Gasteiger partial charge in [0.05, 0.1) is 18.5 Å². The number of carboxylic acid groups (broad SMARTS) is 2. The van der Waals surface area contributed by atoms with E-state index in [0.29, 0.717) is 6.04 Å². The topological polar surface area (TPSA) is 103 Å². The van der Waals surface area contributed by atoms with Crippen LogP contribution in [0, 0.1) is 0 Å². The minimum Gasteiger partial charge on any atom is -0.481 e. The largest absolute Gasteiger partial charge is 0.481 e. The van der Waals surface area contributed by atoms with Crippen LogP contribution in [-0.4, -0.2) is 53.3 Å². The van der Waals surface area contributed by atoms with E-state index in [1.165, 1.54) is 40.0 Å². The second-order valence-corrected chi connectivity index (χ2v) is 11.7. The van der Waals surface area contributed by atoms with Gasteiger partial charge in [0.1, 0.15) is 0 Å². The number of benzene rings is 2. The lowest BCUT2D eigenvalue weighted by Gasteiger charge is -2.14. The van der Waals surface area contributed by atoms with Gasteiger partial charge in [-0.2, -0.15) is 0 Å². The van der Waals surface area contributed by atoms with Crippen LogP contribution in [-0.2, 0) is 28.2 Å². The number of anilines is 1. The zero-order valence-corrected chi connectivity index (χ0v) is 23.7. The summed E-state index contributed by atoms with van der Waals surface area (Å²) in [7, 11) is 2.16. The van der Waals surface area contributed by atoms with Crippen LogP contribution >= 0.6 is 34.7 Å². The number of fused-ring (bicyclic) bond motifs is 1. The van der Waals surface area contributed by atoms with Gasteiger partial charge in [0.25, 0.3) is 0 Å². The van der Waals surface area contributed by atoms with Gasteiger partial charge in [-0.05, 0) is 73.7 Å². The van der Waals surface area contributed by atoms with Crippen molar-refractivity contribution in [2.45, 2.75) is 55.2 Å². The highest BCUT2D eigenvalue weighted by molar-refractivity contribution is 7.98. The van der Waals surface area contributed by atoms with Crippen LogP contribution in [0.1, 0.15) is 42.4 Å². The Morgan fingerprint density at radius 1 is 1.08 bits per heavy atom. The van der Waals surface area contributed by atoms with Crippen LogP contribution in [0.25, 0.3) is 11.3 Å². The Hall–Kier alpha value is -2.59. The smallest absolute Gasteiger partial charge is 0.303 e. The van der Waals surface area contributed by atoms with Crippen molar-refractivity contribution in [3.8, 4) is 11.3 Å². The number of hydrogen-bond donors (Lipinski definition) is 3. The molecule has 2 heterocycles. The third kappa shape index (κ3) is 7.96. The number of halogens is 1. The average Bonchev–Trinajstić information content (AvgIpc) is 3.68. The van der Waals surface area contributed by atoms with Gasteiger partial charge in [-0.25, -0.2) is 4.98 Å². The Kier molecular flexibility index (Phi) is 10.1. The van der Waals surface area contributed by atoms with Crippen LogP contribution in [0.5, 0.6) is 0 Å². The quantitative estimate of drug-likeness (QED) is 0.269. The molecule has 202 valence electrons. The Morgan fingerprint density at radius 2 is 1.76 bits per heavy atom. The normalized spacial score (nSPS) is 14.6. The number of thiazole rings is 1. The average molecular weight is 574 g/mol. The predicted molar refractivity (Wildman–Crippen MR) is 155 cm³/mol. The van der Waals surface area contributed by atoms with Crippen LogP contribution in [0.15, 0.2) is 46.7 Å². The van der Waals surface area contributed by atoms with Crippen molar-refractivity contribution >= 4 is 51.8 Å². The molecular formula is C28H32ClN3O4S2. The summed E-state index contributed by atoms with van der Waals surface area (Å²) in [4.78, 5) is 27.7. The molecule has 1 fully saturated rings. The molecule has 10 heteroatoms. The molecule has 0 saturated heterocycles. The molecule has 1 aliphatic carbocycles. The molecule has 1 saturated carbocycles. The molecule has 0 atom stereocenters. The fourth-order valence-electron chi connectivity index (χ4n) is 4.24. The van der Waals surface area contributed by atoms with Crippen LogP contribution < -0.4 is 10.2 Å². The van der Waals surface area contributed by atoms with E-state index in [1.54, 1.807) is 11.3 Å². The van der Waals surface area contributed by atoms with E-state index in [4.69, 9.17) is 26.8 Å². The van der Waals surface area contributed by atoms with Gasteiger partial charge in [-0.15, -0.1) is 23.1 Å². The van der Waals surface area contributed by atoms with Crippen molar-refractivity contribution < 1.29 is 19.8 Å². The molecule has 0 bridgehead atoms. The van der Waals surface area contributed by atoms with E-state index in [0.717, 1.165) is 47.5 Å². The molecule has 1 aliphatic heterocycles. The Balaban J connectivity index is 0.000000368. The standard InChI is InChI=1S/C24H26ClN3S2.C4H6O4/c1-28(18-5-6-18)24-27-23(15-30-24)17-2-7-19(8-3-17)29-14-21-20-11-13-26-12-10-16(20)4-9-22(21)25;5-3(6)1-2-4(7)8/h2-4,7-9,15,18,26H,5-6,10-14H2,1H3;1-2H2,(H,5,6)(H,7,8). The fraction of sp³-hybridized carbons (Fsp3) is 0.393. The van der Waals surface area contributed by atoms with Crippen molar-refractivity contribution in [3.63, 3.8) is 0 Å². The number of thioether (sulfide) groups is 1. The third-order valence-electron chi connectivity index (χ3n) is 6.57. The number of nitrogens with one attached hydrogen (secondary N) is 1. The van der Waals surface area contributed by atoms with Crippen molar-refractivity contribution in [2.75, 3.05) is 25.0 Å². The SMILES string of the molecule is CN(c1nc(-c2ccc(SCc3c(Cl)ccc4c3CCNCC4)cc2)cs1)C1CC1.O=C(O)CCC(=O)O. The lowest BCUT2D eigenvalue weighted by Crippen LogP contribution is -2.18. The number of hydrogen-bond acceptors (Lipinski definition) is 7. The molecule has 0 amide bonds. The van der Waals surface area contributed by atoms with Gasteiger partial charge in [-0.3, -0.25) is 9.59 Å². The molecule has 1 aromatic heterocycles. The second-order valence-electron chi connectivity index (χ2n) is 9.37. The van der Waals surface area contributed by atoms with E-state index in [1.807, 2.05) is 11.8 Å². The lowest BCUT2D eigenvalue weighted by atomic mass is 9.98. The maximum atomic E-state index is 9.64. The number of aliphatic carboxylic acids is 2. The number of carboxylic acids is 2. The molecule has 0 spiro atoms. The number of rotatable bonds is 9. The van der Waals surface area contributed by atoms with Crippen molar-refractivity contribution in [1.82, 2.24) is 10.3 Å². The predicted octanol–water partition coefficient (Wildman–Crippen LogP) is 5.98. The van der Waals surface area contributed by atoms with Gasteiger partial charge >= 0.3 is 11.9 Å². The van der Waals surface area contributed by atoms with Crippen LogP contribution in [0.3, 0.4) is 0 Å². The minimum absolute atomic E-state index is 0.296. The molecule has 2 aliphatic rings. The summed E-state index contributed by atoms with van der Waals surface area (Å²) < 4.78 is 0. The first kappa shape index (κ1) is 28.4. The van der Waals surface area contributed by atoms with Crippen LogP contribution in [0.4, 0.5) is 5.13 Å². The first-order valence-corrected chi connectivity index (χ1v) is 14.9. The molecule has 0 radical (unpaired) electrons. The van der Waals surface area contributed by atoms with Gasteiger partial charge < -0.3 is 20.4 Å². The van der Waals surface area contributed by atoms with E-state index < -0.39 is 11.9 Å². The van der Waals surface area contributed by atoms with Crippen molar-refractivity contribution in [3.05, 3.63) is 63.5 Å². The van der Waals surface area contributed by atoms with E-state index in [9.17, 15) is 9.59 Å². The van der Waals surface area contributed by atoms with Gasteiger partial charge in [0.15, 0.2) is 5.13 Å². The third-order valence-corrected chi connectivity index (χ3v) is 8.89. The summed E-state index contributed by atoms with van der Waals surface area (Å²) in [5, 5.41) is 23.5. The summed E-state index contributed by atoms with van der Waals surface area (Å²) in [6, 6.07) is 13.8. The maximum absolute atomic E-state index is 9.64. The zero-order valence-electron chi connectivity index (χ0n) is 21.3. The monoisotopic (exact) mass is 573 g/mol. The van der Waals surface area contributed by atoms with Crippen molar-refractivity contribution in [2.24, 2.45) is 0 Å². The molecule has 0 unspecified atom stereocenters. The van der Waals surface area contributed by atoms with Crippen LogP contribution in [0.2, 0.25) is 5.02 Å². The molecular weight excluding hydrogens is 542 g/mol. The van der Waals surface area contributed by atoms with Gasteiger partial charge in [0.2, 0.25) is 0 Å². The summed E-state index contributed by atoms with van der Waals surface area (Å²) in [6.07, 6.45) is 4.15. The molecule has 2 aromatic carbocycles. The highest BCUT2D eigenvalue weighted by Crippen LogP contribution is 2.36.